The molecule has 0 heterocycles. The monoisotopic (exact) mass is 178 g/mol. The van der Waals surface area contributed by atoms with Gasteiger partial charge in [0.1, 0.15) is 5.75 Å². The summed E-state index contributed by atoms with van der Waals surface area (Å²) in [6.45, 7) is 0. The predicted molar refractivity (Wildman–Crippen MR) is 55.2 cm³/mol. The molecule has 0 unspecified atom stereocenters. The molecule has 0 aromatic heterocycles. The predicted octanol–water partition coefficient (Wildman–Crippen LogP) is 2.07. The van der Waals surface area contributed by atoms with E-state index in [2.05, 4.69) is 27.3 Å². The Hall–Kier alpha value is -1.28. The van der Waals surface area contributed by atoms with Crippen molar-refractivity contribution >= 4 is 6.08 Å². The SMILES string of the molecule is C[N+](C)(C)C=Cc1ccc(O)cc1. The van der Waals surface area contributed by atoms with E-state index < -0.39 is 0 Å². The van der Waals surface area contributed by atoms with Crippen molar-refractivity contribution in [1.29, 1.82) is 0 Å². The van der Waals surface area contributed by atoms with Crippen LogP contribution in [0.5, 0.6) is 5.75 Å². The van der Waals surface area contributed by atoms with Crippen molar-refractivity contribution in [3.63, 3.8) is 0 Å². The standard InChI is InChI=1S/C11H15NO/c1-12(2,3)9-8-10-4-6-11(13)7-5-10/h4-9H,1-3H3/p+1. The molecule has 0 bridgehead atoms. The average molecular weight is 178 g/mol. The number of hydrogen-bond donors (Lipinski definition) is 1. The molecule has 2 heteroatoms. The molecular weight excluding hydrogens is 162 g/mol. The van der Waals surface area contributed by atoms with Crippen molar-refractivity contribution in [2.24, 2.45) is 0 Å². The highest BCUT2D eigenvalue weighted by Crippen LogP contribution is 2.11. The molecule has 13 heavy (non-hydrogen) atoms. The van der Waals surface area contributed by atoms with Gasteiger partial charge in [-0.2, -0.15) is 0 Å². The molecule has 1 aromatic carbocycles. The molecule has 2 nitrogen and oxygen atoms in total. The van der Waals surface area contributed by atoms with E-state index in [1.807, 2.05) is 18.2 Å². The van der Waals surface area contributed by atoms with Crippen LogP contribution in [0.2, 0.25) is 0 Å². The van der Waals surface area contributed by atoms with Crippen molar-refractivity contribution < 1.29 is 9.59 Å². The summed E-state index contributed by atoms with van der Waals surface area (Å²) in [5.74, 6) is 0.308. The molecule has 0 fully saturated rings. The smallest absolute Gasteiger partial charge is 0.115 e. The fraction of sp³-hybridized carbons (Fsp3) is 0.273. The Balaban J connectivity index is 2.75. The maximum absolute atomic E-state index is 9.06. The Bertz CT molecular complexity index is 293. The van der Waals surface area contributed by atoms with Gasteiger partial charge in [0.2, 0.25) is 0 Å². The first kappa shape index (κ1) is 9.81. The first-order chi connectivity index (χ1) is 5.97. The molecule has 1 aromatic rings. The molecule has 0 saturated heterocycles. The molecule has 0 spiro atoms. The lowest BCUT2D eigenvalue weighted by molar-refractivity contribution is -0.816. The molecule has 1 N–H and O–H groups in total. The highest BCUT2D eigenvalue weighted by atomic mass is 16.3. The first-order valence-electron chi connectivity index (χ1n) is 4.27. The van der Waals surface area contributed by atoms with Crippen molar-refractivity contribution in [3.8, 4) is 5.75 Å². The van der Waals surface area contributed by atoms with Crippen LogP contribution in [0.1, 0.15) is 5.56 Å². The van der Waals surface area contributed by atoms with Gasteiger partial charge in [0.15, 0.2) is 0 Å². The largest absolute Gasteiger partial charge is 0.508 e. The minimum atomic E-state index is 0.308. The third kappa shape index (κ3) is 3.76. The van der Waals surface area contributed by atoms with E-state index in [0.29, 0.717) is 5.75 Å². The van der Waals surface area contributed by atoms with Crippen molar-refractivity contribution in [1.82, 2.24) is 0 Å². The van der Waals surface area contributed by atoms with E-state index in [0.717, 1.165) is 10.0 Å². The summed E-state index contributed by atoms with van der Waals surface area (Å²) in [6, 6.07) is 7.16. The third-order valence-electron chi connectivity index (χ3n) is 1.61. The van der Waals surface area contributed by atoms with E-state index in [1.54, 1.807) is 12.1 Å². The minimum absolute atomic E-state index is 0.308. The van der Waals surface area contributed by atoms with Gasteiger partial charge in [-0.1, -0.05) is 12.1 Å². The number of rotatable bonds is 2. The lowest BCUT2D eigenvalue weighted by Crippen LogP contribution is -2.26. The molecule has 0 amide bonds. The van der Waals surface area contributed by atoms with E-state index in [1.165, 1.54) is 0 Å². The van der Waals surface area contributed by atoms with E-state index in [4.69, 9.17) is 5.11 Å². The van der Waals surface area contributed by atoms with Gasteiger partial charge < -0.3 is 9.59 Å². The Morgan fingerprint density at radius 1 is 1.08 bits per heavy atom. The molecule has 0 aliphatic carbocycles. The highest BCUT2D eigenvalue weighted by Gasteiger charge is 1.99. The molecule has 0 radical (unpaired) electrons. The number of hydrogen-bond acceptors (Lipinski definition) is 1. The summed E-state index contributed by atoms with van der Waals surface area (Å²) in [4.78, 5) is 0. The molecule has 70 valence electrons. The summed E-state index contributed by atoms with van der Waals surface area (Å²) >= 11 is 0. The van der Waals surface area contributed by atoms with Gasteiger partial charge in [-0.05, 0) is 23.8 Å². The van der Waals surface area contributed by atoms with Crippen LogP contribution in [0.3, 0.4) is 0 Å². The van der Waals surface area contributed by atoms with Crippen LogP contribution in [0.25, 0.3) is 6.08 Å². The number of phenols is 1. The first-order valence-corrected chi connectivity index (χ1v) is 4.27. The number of benzene rings is 1. The number of aromatic hydroxyl groups is 1. The number of phenolic OH excluding ortho intramolecular Hbond substituents is 1. The van der Waals surface area contributed by atoms with Crippen LogP contribution < -0.4 is 0 Å². The molecule has 0 saturated carbocycles. The second-order valence-corrected chi connectivity index (χ2v) is 4.02. The Morgan fingerprint density at radius 3 is 2.08 bits per heavy atom. The van der Waals surface area contributed by atoms with Crippen LogP contribution in [0.4, 0.5) is 0 Å². The van der Waals surface area contributed by atoms with Crippen LogP contribution in [0, 0.1) is 0 Å². The maximum Gasteiger partial charge on any atom is 0.115 e. The normalized spacial score (nSPS) is 12.2. The summed E-state index contributed by atoms with van der Waals surface area (Å²) < 4.78 is 0.793. The van der Waals surface area contributed by atoms with Crippen molar-refractivity contribution in [3.05, 3.63) is 36.0 Å². The molecule has 0 atom stereocenters. The summed E-state index contributed by atoms with van der Waals surface area (Å²) in [7, 11) is 6.28. The maximum atomic E-state index is 9.06. The Labute approximate surface area is 79.3 Å². The van der Waals surface area contributed by atoms with Gasteiger partial charge in [-0.3, -0.25) is 0 Å². The fourth-order valence-corrected chi connectivity index (χ4v) is 0.895. The zero-order valence-corrected chi connectivity index (χ0v) is 8.36. The second-order valence-electron chi connectivity index (χ2n) is 4.02. The van der Waals surface area contributed by atoms with Crippen molar-refractivity contribution in [2.75, 3.05) is 21.1 Å². The van der Waals surface area contributed by atoms with Gasteiger partial charge in [0, 0.05) is 0 Å². The number of quaternary nitrogens is 1. The Kier molecular flexibility index (Phi) is 2.73. The zero-order valence-electron chi connectivity index (χ0n) is 8.36. The topological polar surface area (TPSA) is 20.2 Å². The van der Waals surface area contributed by atoms with Gasteiger partial charge in [-0.15, -0.1) is 0 Å². The minimum Gasteiger partial charge on any atom is -0.508 e. The molecular formula is C11H16NO+. The zero-order chi connectivity index (χ0) is 9.90. The molecule has 0 aliphatic heterocycles. The number of nitrogens with zero attached hydrogens (tertiary/aromatic N) is 1. The van der Waals surface area contributed by atoms with E-state index in [9.17, 15) is 0 Å². The van der Waals surface area contributed by atoms with E-state index >= 15 is 0 Å². The van der Waals surface area contributed by atoms with E-state index in [-0.39, 0.29) is 0 Å². The van der Waals surface area contributed by atoms with Gasteiger partial charge >= 0.3 is 0 Å². The summed E-state index contributed by atoms with van der Waals surface area (Å²) in [5.41, 5.74) is 1.10. The Morgan fingerprint density at radius 2 is 1.62 bits per heavy atom. The third-order valence-corrected chi connectivity index (χ3v) is 1.61. The summed E-state index contributed by atoms with van der Waals surface area (Å²) in [5, 5.41) is 9.06. The lowest BCUT2D eigenvalue weighted by Gasteiger charge is -2.17. The highest BCUT2D eigenvalue weighted by molar-refractivity contribution is 5.49. The van der Waals surface area contributed by atoms with Gasteiger partial charge in [0.05, 0.1) is 27.3 Å². The van der Waals surface area contributed by atoms with Crippen LogP contribution >= 0.6 is 0 Å². The second kappa shape index (κ2) is 3.62. The fourth-order valence-electron chi connectivity index (χ4n) is 0.895. The quantitative estimate of drug-likeness (QED) is 0.687. The van der Waals surface area contributed by atoms with Crippen molar-refractivity contribution in [2.45, 2.75) is 0 Å². The van der Waals surface area contributed by atoms with Crippen LogP contribution in [-0.2, 0) is 0 Å². The molecule has 0 aliphatic rings. The van der Waals surface area contributed by atoms with Crippen LogP contribution in [-0.4, -0.2) is 30.7 Å². The summed E-state index contributed by atoms with van der Waals surface area (Å²) in [6.07, 6.45) is 4.13. The van der Waals surface area contributed by atoms with Gasteiger partial charge in [-0.25, -0.2) is 0 Å². The molecule has 1 rings (SSSR count). The average Bonchev–Trinajstić information content (AvgIpc) is 2.02. The lowest BCUT2D eigenvalue weighted by atomic mass is 10.2. The van der Waals surface area contributed by atoms with Crippen LogP contribution in [0.15, 0.2) is 30.5 Å². The van der Waals surface area contributed by atoms with Gasteiger partial charge in [0.25, 0.3) is 0 Å².